The fraction of sp³-hybridized carbons (Fsp3) is 0.368. The predicted octanol–water partition coefficient (Wildman–Crippen LogP) is 5.01. The van der Waals surface area contributed by atoms with Gasteiger partial charge in [-0.2, -0.15) is 36.3 Å². The van der Waals surface area contributed by atoms with Gasteiger partial charge in [0, 0.05) is 34.6 Å². The maximum absolute atomic E-state index is 13.2. The van der Waals surface area contributed by atoms with E-state index in [1.807, 2.05) is 0 Å². The van der Waals surface area contributed by atoms with E-state index in [0.717, 1.165) is 15.8 Å². The molecule has 0 saturated carbocycles. The number of halogens is 7. The maximum atomic E-state index is 13.2. The summed E-state index contributed by atoms with van der Waals surface area (Å²) in [5.41, 5.74) is 1.86. The first-order valence-corrected chi connectivity index (χ1v) is 9.91. The highest BCUT2D eigenvalue weighted by atomic mass is 35.5. The average Bonchev–Trinajstić information content (AvgIpc) is 3.08. The van der Waals surface area contributed by atoms with Crippen LogP contribution in [0, 0.1) is 0 Å². The number of benzene rings is 1. The smallest absolute Gasteiger partial charge is 0.451 e. The van der Waals surface area contributed by atoms with Crippen LogP contribution in [0.3, 0.4) is 0 Å². The van der Waals surface area contributed by atoms with Crippen LogP contribution in [-0.2, 0) is 23.6 Å². The lowest BCUT2D eigenvalue weighted by molar-refractivity contribution is -0.155. The third-order valence-corrected chi connectivity index (χ3v) is 5.47. The number of H-pyrrole nitrogens is 1. The second-order valence-electron chi connectivity index (χ2n) is 7.38. The molecule has 0 radical (unpaired) electrons. The number of rotatable bonds is 4. The molecule has 176 valence electrons. The summed E-state index contributed by atoms with van der Waals surface area (Å²) in [6.45, 7) is -0.0463. The molecule has 0 aliphatic carbocycles. The highest BCUT2D eigenvalue weighted by Gasteiger charge is 2.43. The molecule has 3 aromatic rings. The molecule has 7 nitrogen and oxygen atoms in total. The number of nitrogens with zero attached hydrogens (tertiary/aromatic N) is 4. The summed E-state index contributed by atoms with van der Waals surface area (Å²) in [5.74, 6) is -5.97. The zero-order chi connectivity index (χ0) is 24.1. The fourth-order valence-electron chi connectivity index (χ4n) is 3.88. The lowest BCUT2D eigenvalue weighted by Gasteiger charge is -2.36. The SMILES string of the molecule is O=C(O)CCC1c2[nH]c3ccc(Cl)cc3c2CCN1c1nc(C(F)(F)F)nc(C(F)(F)F)n1. The van der Waals surface area contributed by atoms with Crippen molar-refractivity contribution in [3.05, 3.63) is 46.1 Å². The monoisotopic (exact) mass is 493 g/mol. The molecule has 0 amide bonds. The zero-order valence-electron chi connectivity index (χ0n) is 16.4. The summed E-state index contributed by atoms with van der Waals surface area (Å²) in [7, 11) is 0. The van der Waals surface area contributed by atoms with Crippen molar-refractivity contribution in [2.45, 2.75) is 37.7 Å². The van der Waals surface area contributed by atoms with Gasteiger partial charge in [-0.05, 0) is 36.6 Å². The van der Waals surface area contributed by atoms with Crippen molar-refractivity contribution in [1.29, 1.82) is 0 Å². The normalized spacial score (nSPS) is 16.8. The molecule has 1 unspecified atom stereocenters. The van der Waals surface area contributed by atoms with Crippen LogP contribution in [-0.4, -0.2) is 37.6 Å². The second kappa shape index (κ2) is 8.04. The van der Waals surface area contributed by atoms with Crippen LogP contribution in [0.5, 0.6) is 0 Å². The largest absolute Gasteiger partial charge is 0.481 e. The van der Waals surface area contributed by atoms with Crippen molar-refractivity contribution < 1.29 is 36.2 Å². The minimum Gasteiger partial charge on any atom is -0.481 e. The van der Waals surface area contributed by atoms with E-state index < -0.39 is 42.0 Å². The molecule has 14 heteroatoms. The summed E-state index contributed by atoms with van der Waals surface area (Å²) in [6, 6.07) is 4.07. The van der Waals surface area contributed by atoms with E-state index in [-0.39, 0.29) is 25.8 Å². The van der Waals surface area contributed by atoms with Gasteiger partial charge >= 0.3 is 18.3 Å². The number of carboxylic acid groups (broad SMARTS) is 1. The van der Waals surface area contributed by atoms with Crippen LogP contribution in [0.1, 0.15) is 41.8 Å². The molecule has 3 heterocycles. The average molecular weight is 494 g/mol. The number of aliphatic carboxylic acids is 1. The minimum absolute atomic E-state index is 0.0463. The van der Waals surface area contributed by atoms with Crippen molar-refractivity contribution in [2.24, 2.45) is 0 Å². The Morgan fingerprint density at radius 2 is 1.76 bits per heavy atom. The van der Waals surface area contributed by atoms with E-state index >= 15 is 0 Å². The molecule has 0 saturated heterocycles. The van der Waals surface area contributed by atoms with Crippen molar-refractivity contribution in [2.75, 3.05) is 11.4 Å². The number of nitrogens with one attached hydrogen (secondary N) is 1. The molecule has 1 atom stereocenters. The van der Waals surface area contributed by atoms with Gasteiger partial charge in [0.15, 0.2) is 0 Å². The molecule has 0 spiro atoms. The molecular weight excluding hydrogens is 480 g/mol. The molecule has 1 aromatic carbocycles. The summed E-state index contributed by atoms with van der Waals surface area (Å²) < 4.78 is 79.4. The molecule has 1 aliphatic heterocycles. The third kappa shape index (κ3) is 4.54. The van der Waals surface area contributed by atoms with E-state index in [9.17, 15) is 31.1 Å². The van der Waals surface area contributed by atoms with Gasteiger partial charge < -0.3 is 15.0 Å². The van der Waals surface area contributed by atoms with Gasteiger partial charge in [-0.15, -0.1) is 0 Å². The number of hydrogen-bond acceptors (Lipinski definition) is 5. The molecule has 4 rings (SSSR count). The number of aromatic nitrogens is 4. The first-order chi connectivity index (χ1) is 15.3. The number of hydrogen-bond donors (Lipinski definition) is 2. The first kappa shape index (κ1) is 23.1. The molecule has 33 heavy (non-hydrogen) atoms. The summed E-state index contributed by atoms with van der Waals surface area (Å²) >= 11 is 6.06. The van der Waals surface area contributed by atoms with E-state index in [1.165, 1.54) is 0 Å². The number of aromatic amines is 1. The van der Waals surface area contributed by atoms with Gasteiger partial charge in [-0.3, -0.25) is 4.79 Å². The van der Waals surface area contributed by atoms with Crippen LogP contribution in [0.15, 0.2) is 18.2 Å². The first-order valence-electron chi connectivity index (χ1n) is 9.53. The summed E-state index contributed by atoms with van der Waals surface area (Å²) in [6.07, 6.45) is -10.8. The van der Waals surface area contributed by atoms with E-state index in [4.69, 9.17) is 16.7 Å². The van der Waals surface area contributed by atoms with Crippen LogP contribution in [0.4, 0.5) is 32.3 Å². The number of fused-ring (bicyclic) bond motifs is 3. The van der Waals surface area contributed by atoms with Crippen LogP contribution < -0.4 is 4.90 Å². The Balaban J connectivity index is 1.86. The summed E-state index contributed by atoms with van der Waals surface area (Å²) in [4.78, 5) is 24.5. The van der Waals surface area contributed by atoms with Gasteiger partial charge in [0.1, 0.15) is 0 Å². The zero-order valence-corrected chi connectivity index (χ0v) is 17.2. The molecule has 2 N–H and O–H groups in total. The van der Waals surface area contributed by atoms with Gasteiger partial charge in [-0.25, -0.2) is 4.98 Å². The van der Waals surface area contributed by atoms with Crippen molar-refractivity contribution in [3.63, 3.8) is 0 Å². The molecule has 0 fully saturated rings. The molecule has 1 aliphatic rings. The topological polar surface area (TPSA) is 95.0 Å². The maximum Gasteiger partial charge on any atom is 0.451 e. The third-order valence-electron chi connectivity index (χ3n) is 5.23. The highest BCUT2D eigenvalue weighted by Crippen LogP contribution is 2.40. The van der Waals surface area contributed by atoms with Crippen molar-refractivity contribution in [3.8, 4) is 0 Å². The molecular formula is C19H14ClF6N5O2. The van der Waals surface area contributed by atoms with Gasteiger partial charge in [0.2, 0.25) is 17.6 Å². The number of carboxylic acids is 1. The number of anilines is 1. The van der Waals surface area contributed by atoms with Gasteiger partial charge in [0.05, 0.1) is 6.04 Å². The van der Waals surface area contributed by atoms with Gasteiger partial charge in [-0.1, -0.05) is 11.6 Å². The highest BCUT2D eigenvalue weighted by molar-refractivity contribution is 6.31. The van der Waals surface area contributed by atoms with E-state index in [2.05, 4.69) is 19.9 Å². The number of carbonyl (C=O) groups is 1. The Morgan fingerprint density at radius 1 is 1.12 bits per heavy atom. The van der Waals surface area contributed by atoms with E-state index in [0.29, 0.717) is 16.2 Å². The summed E-state index contributed by atoms with van der Waals surface area (Å²) in [5, 5.41) is 10.3. The standard InChI is InChI=1S/C19H14ClF6N5O2/c20-8-1-2-11-10(7-8)9-5-6-31(12(14(9)27-11)3-4-13(32)33)17-29-15(18(21,22)23)28-16(30-17)19(24,25)26/h1-2,7,12,27H,3-6H2,(H,32,33). The Kier molecular flexibility index (Phi) is 5.63. The molecule has 2 aromatic heterocycles. The lowest BCUT2D eigenvalue weighted by Crippen LogP contribution is -2.38. The Hall–Kier alpha value is -3.09. The van der Waals surface area contributed by atoms with Crippen LogP contribution in [0.25, 0.3) is 10.9 Å². The fourth-order valence-corrected chi connectivity index (χ4v) is 4.06. The lowest BCUT2D eigenvalue weighted by atomic mass is 9.94. The molecule has 0 bridgehead atoms. The number of alkyl halides is 6. The van der Waals surface area contributed by atoms with Crippen molar-refractivity contribution in [1.82, 2.24) is 19.9 Å². The van der Waals surface area contributed by atoms with Crippen molar-refractivity contribution >= 4 is 34.4 Å². The Labute approximate surface area is 186 Å². The van der Waals surface area contributed by atoms with E-state index in [1.54, 1.807) is 18.2 Å². The predicted molar refractivity (Wildman–Crippen MR) is 104 cm³/mol. The van der Waals surface area contributed by atoms with Crippen LogP contribution >= 0.6 is 11.6 Å². The second-order valence-corrected chi connectivity index (χ2v) is 7.81. The van der Waals surface area contributed by atoms with Crippen LogP contribution in [0.2, 0.25) is 5.02 Å². The van der Waals surface area contributed by atoms with Gasteiger partial charge in [0.25, 0.3) is 0 Å². The minimum atomic E-state index is -5.24. The Bertz CT molecular complexity index is 1190. The quantitative estimate of drug-likeness (QED) is 0.496. The Morgan fingerprint density at radius 3 is 2.33 bits per heavy atom.